The number of ether oxygens (including phenoxy) is 1. The monoisotopic (exact) mass is 431 g/mol. The number of hydrogen-bond acceptors (Lipinski definition) is 4. The van der Waals surface area contributed by atoms with Gasteiger partial charge in [-0.15, -0.1) is 0 Å². The Hall–Kier alpha value is -2.41. The van der Waals surface area contributed by atoms with Crippen molar-refractivity contribution >= 4 is 27.9 Å². The van der Waals surface area contributed by atoms with Crippen molar-refractivity contribution < 1.29 is 19.8 Å². The van der Waals surface area contributed by atoms with Crippen LogP contribution in [0.1, 0.15) is 30.5 Å². The van der Waals surface area contributed by atoms with Gasteiger partial charge < -0.3 is 9.84 Å². The standard InChI is InChI=1S/C21H22BrNO4/c1-14(2)3-11-19-16(13-24)5-4-15(6-12-20(25)23-26)21(19)27-18-9-7-17(22)8-10-18/h3-10,12,24,26H,11,13H2,1-2H3,(H,23,25). The number of allylic oxidation sites excluding steroid dienone is 2. The molecule has 0 aromatic heterocycles. The van der Waals surface area contributed by atoms with Crippen molar-refractivity contribution in [3.8, 4) is 11.5 Å². The van der Waals surface area contributed by atoms with Crippen LogP contribution in [0.25, 0.3) is 6.08 Å². The van der Waals surface area contributed by atoms with E-state index in [0.29, 0.717) is 23.5 Å². The Morgan fingerprint density at radius 2 is 1.89 bits per heavy atom. The smallest absolute Gasteiger partial charge is 0.267 e. The maximum absolute atomic E-state index is 11.4. The van der Waals surface area contributed by atoms with Crippen LogP contribution in [0.5, 0.6) is 11.5 Å². The van der Waals surface area contributed by atoms with Crippen molar-refractivity contribution in [2.45, 2.75) is 26.9 Å². The number of halogens is 1. The Morgan fingerprint density at radius 1 is 1.19 bits per heavy atom. The highest BCUT2D eigenvalue weighted by atomic mass is 79.9. The summed E-state index contributed by atoms with van der Waals surface area (Å²) in [5.74, 6) is 0.554. The number of carbonyl (C=O) groups excluding carboxylic acids is 1. The molecule has 27 heavy (non-hydrogen) atoms. The molecular formula is C21H22BrNO4. The SMILES string of the molecule is CC(C)=CCc1c(CO)ccc(C=CC(=O)NO)c1Oc1ccc(Br)cc1. The average Bonchev–Trinajstić information content (AvgIpc) is 2.66. The second kappa shape index (κ2) is 10.1. The van der Waals surface area contributed by atoms with E-state index in [1.807, 2.05) is 38.1 Å². The fraction of sp³-hybridized carbons (Fsp3) is 0.190. The normalized spacial score (nSPS) is 10.7. The molecule has 5 nitrogen and oxygen atoms in total. The number of aliphatic hydroxyl groups is 1. The predicted octanol–water partition coefficient (Wildman–Crippen LogP) is 4.76. The summed E-state index contributed by atoms with van der Waals surface area (Å²) < 4.78 is 7.06. The van der Waals surface area contributed by atoms with Gasteiger partial charge in [-0.3, -0.25) is 10.0 Å². The number of aliphatic hydroxyl groups excluding tert-OH is 1. The molecule has 0 aliphatic heterocycles. The summed E-state index contributed by atoms with van der Waals surface area (Å²) in [4.78, 5) is 11.4. The van der Waals surface area contributed by atoms with Gasteiger partial charge in [0, 0.05) is 21.7 Å². The van der Waals surface area contributed by atoms with Crippen LogP contribution >= 0.6 is 15.9 Å². The average molecular weight is 432 g/mol. The summed E-state index contributed by atoms with van der Waals surface area (Å²) in [5, 5.41) is 18.5. The quantitative estimate of drug-likeness (QED) is 0.255. The molecule has 0 aliphatic carbocycles. The Kier molecular flexibility index (Phi) is 7.79. The lowest BCUT2D eigenvalue weighted by Crippen LogP contribution is -2.14. The summed E-state index contributed by atoms with van der Waals surface area (Å²) in [7, 11) is 0. The number of nitrogens with one attached hydrogen (secondary N) is 1. The van der Waals surface area contributed by atoms with Gasteiger partial charge >= 0.3 is 0 Å². The molecule has 0 saturated carbocycles. The number of hydrogen-bond donors (Lipinski definition) is 3. The topological polar surface area (TPSA) is 78.8 Å². The van der Waals surface area contributed by atoms with Crippen LogP contribution < -0.4 is 10.2 Å². The van der Waals surface area contributed by atoms with Gasteiger partial charge in [-0.2, -0.15) is 0 Å². The van der Waals surface area contributed by atoms with Gasteiger partial charge in [-0.05, 0) is 56.2 Å². The van der Waals surface area contributed by atoms with Gasteiger partial charge in [0.05, 0.1) is 6.61 Å². The van der Waals surface area contributed by atoms with E-state index in [-0.39, 0.29) is 6.61 Å². The number of benzene rings is 2. The molecule has 1 amide bonds. The zero-order valence-corrected chi connectivity index (χ0v) is 16.8. The summed E-state index contributed by atoms with van der Waals surface area (Å²) >= 11 is 3.40. The highest BCUT2D eigenvalue weighted by Crippen LogP contribution is 2.34. The Labute approximate surface area is 167 Å². The molecule has 2 rings (SSSR count). The highest BCUT2D eigenvalue weighted by Gasteiger charge is 2.14. The minimum Gasteiger partial charge on any atom is -0.456 e. The van der Waals surface area contributed by atoms with Crippen LogP contribution in [0.4, 0.5) is 0 Å². The van der Waals surface area contributed by atoms with Crippen LogP contribution in [-0.2, 0) is 17.8 Å². The Morgan fingerprint density at radius 3 is 2.48 bits per heavy atom. The van der Waals surface area contributed by atoms with E-state index >= 15 is 0 Å². The minimum absolute atomic E-state index is 0.121. The second-order valence-electron chi connectivity index (χ2n) is 6.13. The molecule has 0 bridgehead atoms. The van der Waals surface area contributed by atoms with E-state index in [9.17, 15) is 9.90 Å². The molecule has 6 heteroatoms. The van der Waals surface area contributed by atoms with Gasteiger partial charge in [0.1, 0.15) is 11.5 Å². The van der Waals surface area contributed by atoms with Crippen molar-refractivity contribution in [3.05, 3.63) is 75.3 Å². The van der Waals surface area contributed by atoms with Crippen LogP contribution in [0.3, 0.4) is 0 Å². The van der Waals surface area contributed by atoms with Crippen molar-refractivity contribution in [2.24, 2.45) is 0 Å². The fourth-order valence-electron chi connectivity index (χ4n) is 2.44. The molecule has 0 spiro atoms. The van der Waals surface area contributed by atoms with E-state index in [4.69, 9.17) is 9.94 Å². The first-order valence-electron chi connectivity index (χ1n) is 8.39. The molecule has 0 heterocycles. The number of amides is 1. The molecule has 2 aromatic carbocycles. The summed E-state index contributed by atoms with van der Waals surface area (Å²) in [6.45, 7) is 3.89. The largest absolute Gasteiger partial charge is 0.456 e. The lowest BCUT2D eigenvalue weighted by molar-refractivity contribution is -0.124. The van der Waals surface area contributed by atoms with Gasteiger partial charge in [0.15, 0.2) is 0 Å². The summed E-state index contributed by atoms with van der Waals surface area (Å²) in [5.41, 5.74) is 4.97. The summed E-state index contributed by atoms with van der Waals surface area (Å²) in [6, 6.07) is 11.0. The Balaban J connectivity index is 2.56. The third-order valence-corrected chi connectivity index (χ3v) is 4.36. The molecule has 142 valence electrons. The van der Waals surface area contributed by atoms with Gasteiger partial charge in [-0.25, -0.2) is 5.48 Å². The minimum atomic E-state index is -0.637. The van der Waals surface area contributed by atoms with Gasteiger partial charge in [0.25, 0.3) is 5.91 Å². The fourth-order valence-corrected chi connectivity index (χ4v) is 2.70. The zero-order valence-electron chi connectivity index (χ0n) is 15.2. The highest BCUT2D eigenvalue weighted by molar-refractivity contribution is 9.10. The molecular weight excluding hydrogens is 410 g/mol. The van der Waals surface area contributed by atoms with E-state index < -0.39 is 5.91 Å². The van der Waals surface area contributed by atoms with E-state index in [1.165, 1.54) is 6.08 Å². The first-order chi connectivity index (χ1) is 12.9. The van der Waals surface area contributed by atoms with Crippen molar-refractivity contribution in [1.82, 2.24) is 5.48 Å². The van der Waals surface area contributed by atoms with Crippen LogP contribution in [0.15, 0.2) is 58.6 Å². The molecule has 0 atom stereocenters. The molecule has 3 N–H and O–H groups in total. The third-order valence-electron chi connectivity index (χ3n) is 3.83. The maximum atomic E-state index is 11.4. The molecule has 0 saturated heterocycles. The summed E-state index contributed by atoms with van der Waals surface area (Å²) in [6.07, 6.45) is 5.41. The molecule has 0 fully saturated rings. The number of carbonyl (C=O) groups is 1. The lowest BCUT2D eigenvalue weighted by Gasteiger charge is -2.17. The number of rotatable bonds is 7. The van der Waals surface area contributed by atoms with E-state index in [0.717, 1.165) is 21.2 Å². The van der Waals surface area contributed by atoms with Gasteiger partial charge in [0.2, 0.25) is 0 Å². The Bertz CT molecular complexity index is 853. The van der Waals surface area contributed by atoms with E-state index in [1.54, 1.807) is 23.7 Å². The van der Waals surface area contributed by atoms with Crippen LogP contribution in [-0.4, -0.2) is 16.2 Å². The number of hydroxylamine groups is 1. The van der Waals surface area contributed by atoms with Crippen molar-refractivity contribution in [2.75, 3.05) is 0 Å². The maximum Gasteiger partial charge on any atom is 0.267 e. The lowest BCUT2D eigenvalue weighted by atomic mass is 9.98. The molecule has 0 aliphatic rings. The van der Waals surface area contributed by atoms with Gasteiger partial charge in [-0.1, -0.05) is 39.7 Å². The molecule has 2 aromatic rings. The second-order valence-corrected chi connectivity index (χ2v) is 7.05. The van der Waals surface area contributed by atoms with Crippen LogP contribution in [0, 0.1) is 0 Å². The van der Waals surface area contributed by atoms with Crippen LogP contribution in [0.2, 0.25) is 0 Å². The third kappa shape index (κ3) is 6.06. The zero-order chi connectivity index (χ0) is 19.8. The van der Waals surface area contributed by atoms with Crippen molar-refractivity contribution in [3.63, 3.8) is 0 Å². The first-order valence-corrected chi connectivity index (χ1v) is 9.18. The molecule has 0 unspecified atom stereocenters. The van der Waals surface area contributed by atoms with Crippen molar-refractivity contribution in [1.29, 1.82) is 0 Å². The van der Waals surface area contributed by atoms with E-state index in [2.05, 4.69) is 22.0 Å². The first kappa shape index (κ1) is 20.9. The predicted molar refractivity (Wildman–Crippen MR) is 109 cm³/mol. The molecule has 0 radical (unpaired) electrons.